The minimum Gasteiger partial charge on any atom is -0.310 e. The molecule has 1 amide bonds. The number of hydrogen-bond acceptors (Lipinski definition) is 4. The maximum atomic E-state index is 12.5. The topological polar surface area (TPSA) is 59.8 Å². The maximum Gasteiger partial charge on any atom is 0.229 e. The van der Waals surface area contributed by atoms with Gasteiger partial charge in [-0.25, -0.2) is 4.98 Å². The average molecular weight is 376 g/mol. The standard InChI is InChI=1S/C21H20N4OS/c1-13-9-14(2)20-17(10-13)27-21(23-20)25-18(11-15(3)24-25)22-19(26)12-16-7-5-4-6-8-16/h4-11H,12H2,1-3H3,(H,22,26). The molecular weight excluding hydrogens is 356 g/mol. The van der Waals surface area contributed by atoms with Crippen LogP contribution >= 0.6 is 11.3 Å². The van der Waals surface area contributed by atoms with Crippen LogP contribution in [0, 0.1) is 20.8 Å². The monoisotopic (exact) mass is 376 g/mol. The zero-order valence-corrected chi connectivity index (χ0v) is 16.3. The van der Waals surface area contributed by atoms with E-state index in [0.29, 0.717) is 12.2 Å². The lowest BCUT2D eigenvalue weighted by atomic mass is 10.1. The molecule has 2 heterocycles. The van der Waals surface area contributed by atoms with Crippen LogP contribution in [0.25, 0.3) is 15.3 Å². The summed E-state index contributed by atoms with van der Waals surface area (Å²) in [5.74, 6) is 0.567. The molecule has 0 unspecified atom stereocenters. The van der Waals surface area contributed by atoms with Crippen molar-refractivity contribution in [3.05, 3.63) is 70.9 Å². The molecule has 27 heavy (non-hydrogen) atoms. The van der Waals surface area contributed by atoms with E-state index in [2.05, 4.69) is 36.4 Å². The Morgan fingerprint density at radius 2 is 1.89 bits per heavy atom. The molecule has 0 bridgehead atoms. The van der Waals surface area contributed by atoms with E-state index >= 15 is 0 Å². The van der Waals surface area contributed by atoms with Gasteiger partial charge in [0.15, 0.2) is 0 Å². The van der Waals surface area contributed by atoms with Crippen molar-refractivity contribution < 1.29 is 4.79 Å². The summed E-state index contributed by atoms with van der Waals surface area (Å²) in [4.78, 5) is 17.2. The number of amides is 1. The third-order valence-corrected chi connectivity index (χ3v) is 5.28. The van der Waals surface area contributed by atoms with Gasteiger partial charge >= 0.3 is 0 Å². The van der Waals surface area contributed by atoms with Gasteiger partial charge in [0, 0.05) is 6.07 Å². The van der Waals surface area contributed by atoms with E-state index in [0.717, 1.165) is 32.2 Å². The number of hydrogen-bond donors (Lipinski definition) is 1. The van der Waals surface area contributed by atoms with Gasteiger partial charge in [0.25, 0.3) is 0 Å². The zero-order valence-electron chi connectivity index (χ0n) is 15.5. The predicted molar refractivity (Wildman–Crippen MR) is 110 cm³/mol. The minimum absolute atomic E-state index is 0.0736. The molecule has 4 rings (SSSR count). The van der Waals surface area contributed by atoms with Gasteiger partial charge < -0.3 is 5.32 Å². The second kappa shape index (κ2) is 6.96. The lowest BCUT2D eigenvalue weighted by molar-refractivity contribution is -0.115. The minimum atomic E-state index is -0.0736. The first-order chi connectivity index (χ1) is 13.0. The maximum absolute atomic E-state index is 12.5. The largest absolute Gasteiger partial charge is 0.310 e. The van der Waals surface area contributed by atoms with Crippen LogP contribution in [-0.4, -0.2) is 20.7 Å². The van der Waals surface area contributed by atoms with Crippen LogP contribution in [0.2, 0.25) is 0 Å². The highest BCUT2D eigenvalue weighted by molar-refractivity contribution is 7.20. The van der Waals surface area contributed by atoms with Crippen molar-refractivity contribution >= 4 is 33.3 Å². The molecule has 0 saturated carbocycles. The van der Waals surface area contributed by atoms with E-state index < -0.39 is 0 Å². The molecule has 5 nitrogen and oxygen atoms in total. The molecule has 0 saturated heterocycles. The molecule has 0 fully saturated rings. The average Bonchev–Trinajstić information content (AvgIpc) is 3.19. The van der Waals surface area contributed by atoms with Crippen LogP contribution in [-0.2, 0) is 11.2 Å². The summed E-state index contributed by atoms with van der Waals surface area (Å²) in [6.45, 7) is 6.06. The van der Waals surface area contributed by atoms with Gasteiger partial charge in [-0.1, -0.05) is 47.7 Å². The molecule has 136 valence electrons. The van der Waals surface area contributed by atoms with Gasteiger partial charge in [0.05, 0.1) is 22.3 Å². The van der Waals surface area contributed by atoms with E-state index in [1.807, 2.05) is 43.3 Å². The van der Waals surface area contributed by atoms with Crippen LogP contribution in [0.4, 0.5) is 5.82 Å². The molecule has 0 atom stereocenters. The number of nitrogens with one attached hydrogen (secondary N) is 1. The fourth-order valence-electron chi connectivity index (χ4n) is 3.15. The third-order valence-electron chi connectivity index (χ3n) is 4.31. The first kappa shape index (κ1) is 17.4. The van der Waals surface area contributed by atoms with Gasteiger partial charge in [0.1, 0.15) is 5.82 Å². The van der Waals surface area contributed by atoms with Gasteiger partial charge in [-0.15, -0.1) is 0 Å². The molecule has 6 heteroatoms. The van der Waals surface area contributed by atoms with Crippen molar-refractivity contribution in [2.45, 2.75) is 27.2 Å². The zero-order chi connectivity index (χ0) is 19.0. The Morgan fingerprint density at radius 1 is 1.11 bits per heavy atom. The molecular formula is C21H20N4OS. The first-order valence-corrected chi connectivity index (χ1v) is 9.60. The van der Waals surface area contributed by atoms with E-state index in [4.69, 9.17) is 4.98 Å². The van der Waals surface area contributed by atoms with E-state index in [9.17, 15) is 4.79 Å². The Kier molecular flexibility index (Phi) is 4.49. The third kappa shape index (κ3) is 3.61. The van der Waals surface area contributed by atoms with Gasteiger partial charge in [-0.05, 0) is 43.5 Å². The van der Waals surface area contributed by atoms with Crippen LogP contribution in [0.3, 0.4) is 0 Å². The molecule has 2 aromatic carbocycles. The number of benzene rings is 2. The summed E-state index contributed by atoms with van der Waals surface area (Å²) in [7, 11) is 0. The van der Waals surface area contributed by atoms with E-state index in [1.165, 1.54) is 5.56 Å². The second-order valence-electron chi connectivity index (χ2n) is 6.72. The lowest BCUT2D eigenvalue weighted by Gasteiger charge is -2.06. The SMILES string of the molecule is Cc1cc(C)c2nc(-n3nc(C)cc3NC(=O)Cc3ccccc3)sc2c1. The van der Waals surface area contributed by atoms with Crippen molar-refractivity contribution in [2.75, 3.05) is 5.32 Å². The molecule has 0 spiro atoms. The molecule has 1 N–H and O–H groups in total. The number of anilines is 1. The highest BCUT2D eigenvalue weighted by atomic mass is 32.1. The number of aryl methyl sites for hydroxylation is 3. The Balaban J connectivity index is 1.65. The summed E-state index contributed by atoms with van der Waals surface area (Å²) in [6, 6.07) is 15.8. The highest BCUT2D eigenvalue weighted by Crippen LogP contribution is 2.30. The normalized spacial score (nSPS) is 11.1. The molecule has 0 aliphatic heterocycles. The van der Waals surface area contributed by atoms with Crippen LogP contribution in [0.15, 0.2) is 48.5 Å². The summed E-state index contributed by atoms with van der Waals surface area (Å²) >= 11 is 1.58. The van der Waals surface area contributed by atoms with Crippen molar-refractivity contribution in [1.29, 1.82) is 0 Å². The molecule has 0 aliphatic carbocycles. The number of thiazole rings is 1. The number of aromatic nitrogens is 3. The number of carbonyl (C=O) groups is 1. The molecule has 0 radical (unpaired) electrons. The Bertz CT molecular complexity index is 1130. The van der Waals surface area contributed by atoms with E-state index in [1.54, 1.807) is 16.0 Å². The summed E-state index contributed by atoms with van der Waals surface area (Å²) < 4.78 is 2.84. The Labute approximate surface area is 161 Å². The van der Waals surface area contributed by atoms with Crippen molar-refractivity contribution in [2.24, 2.45) is 0 Å². The van der Waals surface area contributed by atoms with Crippen molar-refractivity contribution in [3.8, 4) is 5.13 Å². The van der Waals surface area contributed by atoms with Gasteiger partial charge in [-0.3, -0.25) is 4.79 Å². The summed E-state index contributed by atoms with van der Waals surface area (Å²) in [5, 5.41) is 8.27. The molecule has 4 aromatic rings. The number of nitrogens with zero attached hydrogens (tertiary/aromatic N) is 3. The van der Waals surface area contributed by atoms with Crippen LogP contribution < -0.4 is 5.32 Å². The van der Waals surface area contributed by atoms with Crippen LogP contribution in [0.1, 0.15) is 22.4 Å². The Morgan fingerprint density at radius 3 is 2.67 bits per heavy atom. The summed E-state index contributed by atoms with van der Waals surface area (Å²) in [6.07, 6.45) is 0.323. The van der Waals surface area contributed by atoms with Crippen LogP contribution in [0.5, 0.6) is 0 Å². The van der Waals surface area contributed by atoms with Crippen molar-refractivity contribution in [1.82, 2.24) is 14.8 Å². The Hall–Kier alpha value is -2.99. The summed E-state index contributed by atoms with van der Waals surface area (Å²) in [5.41, 5.74) is 5.14. The number of rotatable bonds is 4. The predicted octanol–water partition coefficient (Wildman–Crippen LogP) is 4.59. The van der Waals surface area contributed by atoms with Crippen molar-refractivity contribution in [3.63, 3.8) is 0 Å². The smallest absolute Gasteiger partial charge is 0.229 e. The van der Waals surface area contributed by atoms with E-state index in [-0.39, 0.29) is 5.91 Å². The molecule has 2 aromatic heterocycles. The quantitative estimate of drug-likeness (QED) is 0.567. The molecule has 0 aliphatic rings. The van der Waals surface area contributed by atoms with Gasteiger partial charge in [0.2, 0.25) is 11.0 Å². The fourth-order valence-corrected chi connectivity index (χ4v) is 4.26. The second-order valence-corrected chi connectivity index (χ2v) is 7.73. The number of fused-ring (bicyclic) bond motifs is 1. The van der Waals surface area contributed by atoms with Gasteiger partial charge in [-0.2, -0.15) is 9.78 Å². The number of carbonyl (C=O) groups excluding carboxylic acids is 1. The first-order valence-electron chi connectivity index (χ1n) is 8.78. The highest BCUT2D eigenvalue weighted by Gasteiger charge is 2.15. The lowest BCUT2D eigenvalue weighted by Crippen LogP contribution is -2.17. The fraction of sp³-hybridized carbons (Fsp3) is 0.190.